The summed E-state index contributed by atoms with van der Waals surface area (Å²) in [5.41, 5.74) is 3.29. The number of β-lactam (4-membered cyclic amide) rings is 1. The molecule has 51 heavy (non-hydrogen) atoms. The second kappa shape index (κ2) is 14.1. The van der Waals surface area contributed by atoms with E-state index in [1.807, 2.05) is 0 Å². The zero-order valence-electron chi connectivity index (χ0n) is 26.8. The SMILES string of the molecule is CC1=C(C(=O)NC(C2=C(OC(=O)O)N3C(=O)C(NC(=O)/C(=N\OC(C)(C)C(=O)O)c4csc(N)n4)[C@@H]3SC2)c2ccc(O)c(O)c2)C(=O)CC=N1. The van der Waals surface area contributed by atoms with Crippen molar-refractivity contribution in [2.75, 3.05) is 11.5 Å². The second-order valence-corrected chi connectivity index (χ2v) is 13.5. The number of anilines is 1. The Labute approximate surface area is 295 Å². The van der Waals surface area contributed by atoms with E-state index in [4.69, 9.17) is 15.3 Å². The number of Topliss-reactive ketones (excluding diaryl/α,β-unsaturated/α-hetero) is 1. The third-order valence-corrected chi connectivity index (χ3v) is 9.64. The van der Waals surface area contributed by atoms with Gasteiger partial charge in [0.1, 0.15) is 22.7 Å². The number of hydrogen-bond acceptors (Lipinski definition) is 16. The summed E-state index contributed by atoms with van der Waals surface area (Å²) in [5, 5.41) is 48.6. The number of nitrogens with one attached hydrogen (secondary N) is 2. The predicted octanol–water partition coefficient (Wildman–Crippen LogP) is 1.20. The van der Waals surface area contributed by atoms with Crippen LogP contribution >= 0.6 is 23.1 Å². The Hall–Kier alpha value is -5.96. The summed E-state index contributed by atoms with van der Waals surface area (Å²) < 4.78 is 5.09. The molecule has 0 saturated carbocycles. The van der Waals surface area contributed by atoms with Crippen LogP contribution in [-0.2, 0) is 33.5 Å². The van der Waals surface area contributed by atoms with Crippen LogP contribution in [0.15, 0.2) is 56.5 Å². The van der Waals surface area contributed by atoms with Gasteiger partial charge in [-0.25, -0.2) is 14.6 Å². The number of thiazole rings is 1. The van der Waals surface area contributed by atoms with E-state index in [1.165, 1.54) is 38.4 Å². The number of oxime groups is 1. The number of aliphatic imine (C=N–C) groups is 1. The second-order valence-electron chi connectivity index (χ2n) is 11.5. The number of fused-ring (bicyclic) bond motifs is 1. The van der Waals surface area contributed by atoms with Gasteiger partial charge in [0.25, 0.3) is 17.7 Å². The molecule has 21 heteroatoms. The quantitative estimate of drug-likeness (QED) is 0.0425. The van der Waals surface area contributed by atoms with E-state index in [0.29, 0.717) is 0 Å². The van der Waals surface area contributed by atoms with Crippen LogP contribution in [0.2, 0.25) is 0 Å². The van der Waals surface area contributed by atoms with Gasteiger partial charge in [0.05, 0.1) is 11.7 Å². The molecule has 1 saturated heterocycles. The zero-order chi connectivity index (χ0) is 37.4. The van der Waals surface area contributed by atoms with Crippen molar-refractivity contribution in [2.24, 2.45) is 10.1 Å². The number of aliphatic carboxylic acids is 1. The largest absolute Gasteiger partial charge is 0.512 e. The number of hydrogen-bond donors (Lipinski definition) is 7. The number of ketones is 1. The number of ether oxygens (including phenoxy) is 1. The molecule has 3 atom stereocenters. The molecular formula is C30H29N7O12S2. The standard InChI is InChI=1S/C30H29N7O12S2/c1-11-18(16(39)6-7-32-11)22(41)34-19(12-4-5-15(38)17(40)8-12)13-9-50-26-21(24(43)37(26)25(13)48-29(46)47)35-23(42)20(14-10-51-28(31)33-14)36-49-30(2,3)27(44)45/h4-5,7-8,10,19,21,26,38,40H,6,9H2,1-3H3,(H2,31,33)(H,34,41)(H,35,42)(H,44,45)(H,46,47)/b36-20-/t19?,21?,26-/m0/s1. The number of allylic oxidation sites excluding steroid dienone is 1. The van der Waals surface area contributed by atoms with Crippen LogP contribution in [0.4, 0.5) is 9.93 Å². The van der Waals surface area contributed by atoms with Gasteiger partial charge < -0.3 is 46.4 Å². The van der Waals surface area contributed by atoms with E-state index in [-0.39, 0.29) is 45.4 Å². The van der Waals surface area contributed by atoms with E-state index < -0.39 is 81.8 Å². The molecule has 1 aromatic heterocycles. The summed E-state index contributed by atoms with van der Waals surface area (Å²) in [5.74, 6) is -6.35. The zero-order valence-corrected chi connectivity index (χ0v) is 28.4. The number of amides is 3. The number of benzene rings is 1. The normalized spacial score (nSPS) is 19.6. The Kier molecular flexibility index (Phi) is 10.0. The summed E-state index contributed by atoms with van der Waals surface area (Å²) in [7, 11) is 0. The summed E-state index contributed by atoms with van der Waals surface area (Å²) in [6.45, 7) is 3.84. The molecule has 1 fully saturated rings. The molecule has 8 N–H and O–H groups in total. The maximum Gasteiger partial charge on any atom is 0.512 e. The van der Waals surface area contributed by atoms with Gasteiger partial charge in [-0.3, -0.25) is 29.1 Å². The lowest BCUT2D eigenvalue weighted by Gasteiger charge is -2.49. The fourth-order valence-electron chi connectivity index (χ4n) is 5.01. The number of rotatable bonds is 11. The first-order chi connectivity index (χ1) is 24.0. The first kappa shape index (κ1) is 36.3. The van der Waals surface area contributed by atoms with Crippen LogP contribution in [-0.4, -0.2) is 101 Å². The van der Waals surface area contributed by atoms with Crippen molar-refractivity contribution in [1.82, 2.24) is 20.5 Å². The van der Waals surface area contributed by atoms with Crippen LogP contribution in [0.25, 0.3) is 0 Å². The topological polar surface area (TPSA) is 293 Å². The van der Waals surface area contributed by atoms with E-state index in [1.54, 1.807) is 0 Å². The molecule has 5 rings (SSSR count). The molecular weight excluding hydrogens is 715 g/mol. The maximum atomic E-state index is 13.6. The Morgan fingerprint density at radius 2 is 1.88 bits per heavy atom. The molecule has 3 aliphatic heterocycles. The van der Waals surface area contributed by atoms with Crippen molar-refractivity contribution in [3.8, 4) is 11.5 Å². The van der Waals surface area contributed by atoms with E-state index in [9.17, 15) is 49.2 Å². The highest BCUT2D eigenvalue weighted by atomic mass is 32.2. The molecule has 0 aliphatic carbocycles. The minimum Gasteiger partial charge on any atom is -0.504 e. The van der Waals surface area contributed by atoms with Gasteiger partial charge in [-0.15, -0.1) is 23.1 Å². The summed E-state index contributed by atoms with van der Waals surface area (Å²) >= 11 is 2.00. The number of carbonyl (C=O) groups excluding carboxylic acids is 4. The van der Waals surface area contributed by atoms with Crippen molar-refractivity contribution in [3.05, 3.63) is 57.6 Å². The minimum absolute atomic E-state index is 0.0183. The van der Waals surface area contributed by atoms with Gasteiger partial charge in [-0.05, 0) is 38.5 Å². The number of aromatic nitrogens is 1. The first-order valence-corrected chi connectivity index (χ1v) is 16.6. The van der Waals surface area contributed by atoms with Crippen LogP contribution in [0.3, 0.4) is 0 Å². The molecule has 2 unspecified atom stereocenters. The third kappa shape index (κ3) is 7.33. The highest BCUT2D eigenvalue weighted by molar-refractivity contribution is 8.00. The number of phenolic OH excluding ortho intramolecular Hbond substituents is 2. The molecule has 2 aromatic rings. The molecule has 0 bridgehead atoms. The van der Waals surface area contributed by atoms with Gasteiger partial charge in [0.2, 0.25) is 11.5 Å². The first-order valence-electron chi connectivity index (χ1n) is 14.7. The van der Waals surface area contributed by atoms with Crippen molar-refractivity contribution >= 4 is 75.8 Å². The molecule has 3 amide bonds. The number of nitrogen functional groups attached to an aromatic ring is 1. The summed E-state index contributed by atoms with van der Waals surface area (Å²) in [6, 6.07) is 0.936. The average Bonchev–Trinajstić information content (AvgIpc) is 3.48. The Balaban J connectivity index is 1.49. The van der Waals surface area contributed by atoms with E-state index in [2.05, 4.69) is 25.8 Å². The van der Waals surface area contributed by atoms with Crippen molar-refractivity contribution < 1.29 is 58.8 Å². The van der Waals surface area contributed by atoms with Crippen molar-refractivity contribution in [3.63, 3.8) is 0 Å². The molecule has 19 nitrogen and oxygen atoms in total. The number of aromatic hydroxyl groups is 2. The number of nitrogens with zero attached hydrogens (tertiary/aromatic N) is 4. The number of carboxylic acids is 1. The molecule has 4 heterocycles. The Morgan fingerprint density at radius 1 is 1.16 bits per heavy atom. The Morgan fingerprint density at radius 3 is 2.49 bits per heavy atom. The van der Waals surface area contributed by atoms with Gasteiger partial charge in [-0.1, -0.05) is 11.2 Å². The van der Waals surface area contributed by atoms with Crippen molar-refractivity contribution in [1.29, 1.82) is 0 Å². The number of thioether (sulfide) groups is 1. The average molecular weight is 744 g/mol. The molecule has 3 aliphatic rings. The minimum atomic E-state index is -1.85. The summed E-state index contributed by atoms with van der Waals surface area (Å²) in [4.78, 5) is 90.8. The van der Waals surface area contributed by atoms with Crippen LogP contribution in [0.5, 0.6) is 11.5 Å². The van der Waals surface area contributed by atoms with Crippen molar-refractivity contribution in [2.45, 2.75) is 50.3 Å². The molecule has 0 spiro atoms. The third-order valence-electron chi connectivity index (χ3n) is 7.66. The fourth-order valence-corrected chi connectivity index (χ4v) is 6.92. The number of phenols is 2. The number of carboxylic acid groups (broad SMARTS) is 2. The van der Waals surface area contributed by atoms with Crippen LogP contribution < -0.4 is 16.4 Å². The van der Waals surface area contributed by atoms with Gasteiger partial charge in [-0.2, -0.15) is 0 Å². The number of carbonyl (C=O) groups is 6. The van der Waals surface area contributed by atoms with Crippen LogP contribution in [0, 0.1) is 0 Å². The predicted molar refractivity (Wildman–Crippen MR) is 178 cm³/mol. The van der Waals surface area contributed by atoms with Gasteiger partial charge >= 0.3 is 12.1 Å². The highest BCUT2D eigenvalue weighted by Crippen LogP contribution is 2.45. The van der Waals surface area contributed by atoms with Gasteiger partial charge in [0, 0.05) is 29.3 Å². The fraction of sp³-hybridized carbons (Fsp3) is 0.300. The molecule has 268 valence electrons. The summed E-state index contributed by atoms with van der Waals surface area (Å²) in [6.07, 6.45) is -0.616. The monoisotopic (exact) mass is 743 g/mol. The number of nitrogens with two attached hydrogens (primary N) is 1. The molecule has 0 radical (unpaired) electrons. The smallest absolute Gasteiger partial charge is 0.504 e. The maximum absolute atomic E-state index is 13.6. The van der Waals surface area contributed by atoms with Gasteiger partial charge in [0.15, 0.2) is 28.1 Å². The molecule has 1 aromatic carbocycles. The highest BCUT2D eigenvalue weighted by Gasteiger charge is 2.55. The Bertz CT molecular complexity index is 1990. The lowest BCUT2D eigenvalue weighted by atomic mass is 9.95. The van der Waals surface area contributed by atoms with E-state index >= 15 is 0 Å². The lowest BCUT2D eigenvalue weighted by molar-refractivity contribution is -0.161. The van der Waals surface area contributed by atoms with E-state index in [0.717, 1.165) is 40.1 Å². The van der Waals surface area contributed by atoms with Crippen LogP contribution in [0.1, 0.15) is 44.5 Å². The lowest BCUT2D eigenvalue weighted by Crippen LogP contribution is -2.71.